The predicted octanol–water partition coefficient (Wildman–Crippen LogP) is 3.72. The molecule has 0 aliphatic heterocycles. The van der Waals surface area contributed by atoms with Gasteiger partial charge in [0.25, 0.3) is 0 Å². The first-order valence-corrected chi connectivity index (χ1v) is 6.43. The van der Waals surface area contributed by atoms with Crippen LogP contribution in [0.4, 0.5) is 11.4 Å². The van der Waals surface area contributed by atoms with Gasteiger partial charge in [-0.2, -0.15) is 0 Å². The fraction of sp³-hybridized carbons (Fsp3) is 0.200. The summed E-state index contributed by atoms with van der Waals surface area (Å²) in [6, 6.07) is 13.2. The maximum atomic E-state index is 9.78. The molecule has 0 aromatic heterocycles. The smallest absolute Gasteiger partial charge is 0.122 e. The molecule has 2 N–H and O–H groups in total. The van der Waals surface area contributed by atoms with Crippen molar-refractivity contribution in [1.29, 1.82) is 0 Å². The van der Waals surface area contributed by atoms with Gasteiger partial charge in [-0.1, -0.05) is 23.7 Å². The molecule has 0 saturated carbocycles. The van der Waals surface area contributed by atoms with Gasteiger partial charge in [-0.05, 0) is 30.3 Å². The van der Waals surface area contributed by atoms with Gasteiger partial charge in [0.1, 0.15) is 5.75 Å². The van der Waals surface area contributed by atoms with E-state index in [2.05, 4.69) is 5.32 Å². The molecule has 2 aromatic rings. The third-order valence-corrected chi connectivity index (χ3v) is 3.28. The summed E-state index contributed by atoms with van der Waals surface area (Å²) in [5.41, 5.74) is 2.82. The Balaban J connectivity index is 2.12. The summed E-state index contributed by atoms with van der Waals surface area (Å²) in [6.07, 6.45) is 0. The Bertz CT molecular complexity index is 550. The summed E-state index contributed by atoms with van der Waals surface area (Å²) in [6.45, 7) is 0.488. The van der Waals surface area contributed by atoms with Gasteiger partial charge >= 0.3 is 0 Å². The highest BCUT2D eigenvalue weighted by molar-refractivity contribution is 6.31. The van der Waals surface area contributed by atoms with Crippen LogP contribution in [0.1, 0.15) is 5.56 Å². The largest absolute Gasteiger partial charge is 0.508 e. The molecule has 0 atom stereocenters. The van der Waals surface area contributed by atoms with E-state index in [4.69, 9.17) is 11.6 Å². The highest BCUT2D eigenvalue weighted by Gasteiger charge is 2.06. The Hall–Kier alpha value is -1.87. The monoisotopic (exact) mass is 276 g/mol. The number of phenolic OH excluding ortho intramolecular Hbond substituents is 1. The van der Waals surface area contributed by atoms with E-state index < -0.39 is 0 Å². The first-order chi connectivity index (χ1) is 9.08. The normalized spacial score (nSPS) is 10.3. The van der Waals surface area contributed by atoms with E-state index in [-0.39, 0.29) is 5.75 Å². The second-order valence-corrected chi connectivity index (χ2v) is 4.94. The molecular formula is C15H17ClN2O. The number of nitrogens with one attached hydrogen (secondary N) is 1. The first-order valence-electron chi connectivity index (χ1n) is 6.05. The molecular weight excluding hydrogens is 260 g/mol. The maximum Gasteiger partial charge on any atom is 0.122 e. The lowest BCUT2D eigenvalue weighted by atomic mass is 10.2. The number of benzene rings is 2. The van der Waals surface area contributed by atoms with Crippen LogP contribution < -0.4 is 10.2 Å². The predicted molar refractivity (Wildman–Crippen MR) is 81.2 cm³/mol. The number of halogens is 1. The van der Waals surface area contributed by atoms with Crippen LogP contribution >= 0.6 is 11.6 Å². The minimum Gasteiger partial charge on any atom is -0.508 e. The number of aromatic hydroxyl groups is 1. The summed E-state index contributed by atoms with van der Waals surface area (Å²) in [5, 5.41) is 13.6. The first kappa shape index (κ1) is 13.6. The highest BCUT2D eigenvalue weighted by Crippen LogP contribution is 2.26. The van der Waals surface area contributed by atoms with Crippen molar-refractivity contribution in [2.24, 2.45) is 0 Å². The van der Waals surface area contributed by atoms with Gasteiger partial charge in [0, 0.05) is 42.6 Å². The number of hydrogen-bond acceptors (Lipinski definition) is 3. The van der Waals surface area contributed by atoms with Gasteiger partial charge in [-0.15, -0.1) is 0 Å². The fourth-order valence-corrected chi connectivity index (χ4v) is 2.04. The Morgan fingerprint density at radius 3 is 2.58 bits per heavy atom. The molecule has 100 valence electrons. The van der Waals surface area contributed by atoms with Crippen LogP contribution in [0.25, 0.3) is 0 Å². The maximum absolute atomic E-state index is 9.78. The van der Waals surface area contributed by atoms with Crippen molar-refractivity contribution in [3.63, 3.8) is 0 Å². The van der Waals surface area contributed by atoms with Crippen LogP contribution in [-0.2, 0) is 6.54 Å². The Morgan fingerprint density at radius 2 is 1.89 bits per heavy atom. The van der Waals surface area contributed by atoms with Gasteiger partial charge in [0.15, 0.2) is 0 Å². The van der Waals surface area contributed by atoms with Crippen LogP contribution in [0.2, 0.25) is 5.02 Å². The van der Waals surface area contributed by atoms with Crippen molar-refractivity contribution >= 4 is 23.0 Å². The molecule has 0 unspecified atom stereocenters. The Kier molecular flexibility index (Phi) is 4.17. The standard InChI is InChI=1S/C15H17ClN2O/c1-18(2)12-6-3-5-11(9-12)17-10-13-14(16)7-4-8-15(13)19/h3-9,17,19H,10H2,1-2H3. The van der Waals surface area contributed by atoms with E-state index in [0.29, 0.717) is 17.1 Å². The van der Waals surface area contributed by atoms with Crippen molar-refractivity contribution in [3.05, 3.63) is 53.1 Å². The van der Waals surface area contributed by atoms with Crippen LogP contribution in [0.3, 0.4) is 0 Å². The summed E-state index contributed by atoms with van der Waals surface area (Å²) < 4.78 is 0. The van der Waals surface area contributed by atoms with Crippen LogP contribution in [0, 0.1) is 0 Å². The van der Waals surface area contributed by atoms with Crippen LogP contribution in [-0.4, -0.2) is 19.2 Å². The molecule has 2 rings (SSSR count). The average Bonchev–Trinajstić information content (AvgIpc) is 2.38. The number of rotatable bonds is 4. The van der Waals surface area contributed by atoms with Gasteiger partial charge < -0.3 is 15.3 Å². The van der Waals surface area contributed by atoms with Crippen LogP contribution in [0.15, 0.2) is 42.5 Å². The molecule has 0 aliphatic rings. The SMILES string of the molecule is CN(C)c1cccc(NCc2c(O)cccc2Cl)c1. The van der Waals surface area contributed by atoms with Gasteiger partial charge in [0.2, 0.25) is 0 Å². The third-order valence-electron chi connectivity index (χ3n) is 2.93. The molecule has 0 spiro atoms. The molecule has 3 nitrogen and oxygen atoms in total. The van der Waals surface area contributed by atoms with E-state index in [9.17, 15) is 5.11 Å². The molecule has 0 aliphatic carbocycles. The van der Waals surface area contributed by atoms with Crippen molar-refractivity contribution in [3.8, 4) is 5.75 Å². The summed E-state index contributed by atoms with van der Waals surface area (Å²) in [5.74, 6) is 0.212. The van der Waals surface area contributed by atoms with Crippen molar-refractivity contribution in [1.82, 2.24) is 0 Å². The molecule has 0 saturated heterocycles. The minimum atomic E-state index is 0.212. The molecule has 4 heteroatoms. The second kappa shape index (κ2) is 5.85. The lowest BCUT2D eigenvalue weighted by Crippen LogP contribution is -2.09. The molecule has 19 heavy (non-hydrogen) atoms. The molecule has 0 fully saturated rings. The zero-order valence-corrected chi connectivity index (χ0v) is 11.8. The highest BCUT2D eigenvalue weighted by atomic mass is 35.5. The van der Waals surface area contributed by atoms with E-state index in [1.807, 2.05) is 43.3 Å². The van der Waals surface area contributed by atoms with E-state index in [0.717, 1.165) is 11.4 Å². The summed E-state index contributed by atoms with van der Waals surface area (Å²) >= 11 is 6.07. The van der Waals surface area contributed by atoms with Gasteiger partial charge in [-0.3, -0.25) is 0 Å². The second-order valence-electron chi connectivity index (χ2n) is 4.54. The van der Waals surface area contributed by atoms with Crippen molar-refractivity contribution < 1.29 is 5.11 Å². The number of nitrogens with zero attached hydrogens (tertiary/aromatic N) is 1. The van der Waals surface area contributed by atoms with E-state index in [1.165, 1.54) is 0 Å². The lowest BCUT2D eigenvalue weighted by Gasteiger charge is -2.15. The Morgan fingerprint density at radius 1 is 1.16 bits per heavy atom. The minimum absolute atomic E-state index is 0.212. The van der Waals surface area contributed by atoms with E-state index >= 15 is 0 Å². The topological polar surface area (TPSA) is 35.5 Å². The van der Waals surface area contributed by atoms with Crippen molar-refractivity contribution in [2.75, 3.05) is 24.3 Å². The number of hydrogen-bond donors (Lipinski definition) is 2. The average molecular weight is 277 g/mol. The lowest BCUT2D eigenvalue weighted by molar-refractivity contribution is 0.469. The van der Waals surface area contributed by atoms with Gasteiger partial charge in [-0.25, -0.2) is 0 Å². The zero-order chi connectivity index (χ0) is 13.8. The summed E-state index contributed by atoms with van der Waals surface area (Å²) in [4.78, 5) is 2.04. The fourth-order valence-electron chi connectivity index (χ4n) is 1.81. The molecule has 0 amide bonds. The third kappa shape index (κ3) is 3.32. The van der Waals surface area contributed by atoms with Crippen LogP contribution in [0.5, 0.6) is 5.75 Å². The Labute approximate surface area is 118 Å². The van der Waals surface area contributed by atoms with Gasteiger partial charge in [0.05, 0.1) is 0 Å². The molecule has 0 bridgehead atoms. The quantitative estimate of drug-likeness (QED) is 0.893. The van der Waals surface area contributed by atoms with E-state index in [1.54, 1.807) is 18.2 Å². The van der Waals surface area contributed by atoms with Crippen molar-refractivity contribution in [2.45, 2.75) is 6.54 Å². The molecule has 2 aromatic carbocycles. The molecule has 0 heterocycles. The number of phenols is 1. The zero-order valence-electron chi connectivity index (χ0n) is 11.0. The molecule has 0 radical (unpaired) electrons. The summed E-state index contributed by atoms with van der Waals surface area (Å²) in [7, 11) is 4.00. The number of anilines is 2.